The summed E-state index contributed by atoms with van der Waals surface area (Å²) in [5, 5.41) is 0. The highest BCUT2D eigenvalue weighted by atomic mass is 35.7. The lowest BCUT2D eigenvalue weighted by molar-refractivity contribution is 0.425. The summed E-state index contributed by atoms with van der Waals surface area (Å²) in [6.07, 6.45) is 2.68. The molecule has 1 saturated heterocycles. The predicted molar refractivity (Wildman–Crippen MR) is 49.8 cm³/mol. The molecule has 5 heteroatoms. The topological polar surface area (TPSA) is 37.4 Å². The van der Waals surface area contributed by atoms with E-state index in [0.29, 0.717) is 0 Å². The van der Waals surface area contributed by atoms with Crippen LogP contribution in [0.1, 0.15) is 6.42 Å². The predicted octanol–water partition coefficient (Wildman–Crippen LogP) is 0.817. The molecule has 70 valence electrons. The smallest absolute Gasteiger partial charge is 0.236 e. The molecule has 1 fully saturated rings. The van der Waals surface area contributed by atoms with Crippen LogP contribution in [0.5, 0.6) is 0 Å². The van der Waals surface area contributed by atoms with E-state index in [1.54, 1.807) is 6.08 Å². The maximum absolute atomic E-state index is 10.6. The van der Waals surface area contributed by atoms with Crippen molar-refractivity contribution in [2.75, 3.05) is 25.9 Å². The van der Waals surface area contributed by atoms with Crippen molar-refractivity contribution in [2.45, 2.75) is 6.42 Å². The van der Waals surface area contributed by atoms with Crippen molar-refractivity contribution in [3.8, 4) is 0 Å². The minimum Gasteiger partial charge on any atom is -0.302 e. The van der Waals surface area contributed by atoms with Crippen molar-refractivity contribution < 1.29 is 8.42 Å². The molecule has 0 spiro atoms. The van der Waals surface area contributed by atoms with Gasteiger partial charge in [-0.15, -0.1) is 0 Å². The number of hydrogen-bond acceptors (Lipinski definition) is 3. The molecule has 1 aliphatic heterocycles. The van der Waals surface area contributed by atoms with E-state index >= 15 is 0 Å². The van der Waals surface area contributed by atoms with Gasteiger partial charge in [-0.3, -0.25) is 0 Å². The fraction of sp³-hybridized carbons (Fsp3) is 0.714. The first-order valence-electron chi connectivity index (χ1n) is 3.76. The van der Waals surface area contributed by atoms with Crippen LogP contribution in [-0.2, 0) is 9.05 Å². The van der Waals surface area contributed by atoms with E-state index < -0.39 is 9.05 Å². The van der Waals surface area contributed by atoms with Crippen molar-refractivity contribution in [3.05, 3.63) is 11.6 Å². The summed E-state index contributed by atoms with van der Waals surface area (Å²) in [6.45, 7) is 1.88. The second-order valence-corrected chi connectivity index (χ2v) is 5.88. The summed E-state index contributed by atoms with van der Waals surface area (Å²) in [5.41, 5.74) is 1.17. The average Bonchev–Trinajstić information content (AvgIpc) is 2.30. The lowest BCUT2D eigenvalue weighted by Gasteiger charge is -2.02. The Hall–Kier alpha value is -0.0600. The van der Waals surface area contributed by atoms with Crippen LogP contribution in [0.4, 0.5) is 0 Å². The zero-order valence-electron chi connectivity index (χ0n) is 6.96. The van der Waals surface area contributed by atoms with Gasteiger partial charge in [0.25, 0.3) is 0 Å². The fourth-order valence-corrected chi connectivity index (χ4v) is 1.85. The summed E-state index contributed by atoms with van der Waals surface area (Å²) < 4.78 is 21.2. The molecular formula is C7H12ClNO2S. The Morgan fingerprint density at radius 1 is 1.67 bits per heavy atom. The second kappa shape index (κ2) is 3.77. The normalized spacial score (nSPS) is 23.7. The molecule has 0 aromatic rings. The number of likely N-dealkylation sites (N-methyl/N-ethyl adjacent to an activating group) is 1. The Balaban J connectivity index is 2.49. The standard InChI is InChI=1S/C7H12ClNO2S/c1-9-4-2-7(6-9)3-5-12(8,10)11/h3H,2,4-6H2,1H3/b7-3+. The summed E-state index contributed by atoms with van der Waals surface area (Å²) >= 11 is 0. The highest BCUT2D eigenvalue weighted by Crippen LogP contribution is 2.13. The van der Waals surface area contributed by atoms with Crippen LogP contribution in [-0.4, -0.2) is 39.2 Å². The second-order valence-electron chi connectivity index (χ2n) is 3.06. The largest absolute Gasteiger partial charge is 0.302 e. The zero-order chi connectivity index (χ0) is 9.19. The van der Waals surface area contributed by atoms with E-state index in [1.165, 1.54) is 5.57 Å². The van der Waals surface area contributed by atoms with Gasteiger partial charge in [0.15, 0.2) is 0 Å². The van der Waals surface area contributed by atoms with Gasteiger partial charge in [0.1, 0.15) is 0 Å². The number of rotatable bonds is 2. The molecule has 1 heterocycles. The average molecular weight is 210 g/mol. The van der Waals surface area contributed by atoms with Crippen LogP contribution in [0.15, 0.2) is 11.6 Å². The molecule has 0 radical (unpaired) electrons. The van der Waals surface area contributed by atoms with Gasteiger partial charge in [-0.1, -0.05) is 11.6 Å². The van der Waals surface area contributed by atoms with Crippen molar-refractivity contribution >= 4 is 19.7 Å². The minimum atomic E-state index is -3.35. The Kier molecular flexibility index (Phi) is 3.15. The van der Waals surface area contributed by atoms with Crippen LogP contribution in [0.25, 0.3) is 0 Å². The molecule has 1 aliphatic rings. The molecule has 0 aliphatic carbocycles. The van der Waals surface area contributed by atoms with E-state index in [9.17, 15) is 8.42 Å². The molecule has 1 rings (SSSR count). The molecule has 0 saturated carbocycles. The van der Waals surface area contributed by atoms with Crippen LogP contribution >= 0.6 is 10.7 Å². The van der Waals surface area contributed by atoms with Gasteiger partial charge in [0.2, 0.25) is 9.05 Å². The molecule has 0 atom stereocenters. The first-order valence-corrected chi connectivity index (χ1v) is 6.24. The van der Waals surface area contributed by atoms with Crippen LogP contribution < -0.4 is 0 Å². The zero-order valence-corrected chi connectivity index (χ0v) is 8.53. The van der Waals surface area contributed by atoms with E-state index in [4.69, 9.17) is 10.7 Å². The fourth-order valence-electron chi connectivity index (χ4n) is 1.22. The molecule has 0 N–H and O–H groups in total. The summed E-state index contributed by atoms with van der Waals surface area (Å²) in [6, 6.07) is 0. The van der Waals surface area contributed by atoms with Gasteiger partial charge in [0.05, 0.1) is 5.75 Å². The van der Waals surface area contributed by atoms with Crippen molar-refractivity contribution in [1.29, 1.82) is 0 Å². The highest BCUT2D eigenvalue weighted by molar-refractivity contribution is 8.13. The third kappa shape index (κ3) is 3.56. The van der Waals surface area contributed by atoms with Crippen molar-refractivity contribution in [1.82, 2.24) is 4.90 Å². The highest BCUT2D eigenvalue weighted by Gasteiger charge is 2.12. The summed E-state index contributed by atoms with van der Waals surface area (Å²) in [4.78, 5) is 2.15. The minimum absolute atomic E-state index is 0.0439. The van der Waals surface area contributed by atoms with Gasteiger partial charge in [-0.25, -0.2) is 8.42 Å². The molecule has 0 aromatic carbocycles. The van der Waals surface area contributed by atoms with Crippen molar-refractivity contribution in [3.63, 3.8) is 0 Å². The van der Waals surface area contributed by atoms with E-state index in [1.807, 2.05) is 7.05 Å². The quantitative estimate of drug-likeness (QED) is 0.499. The number of halogens is 1. The van der Waals surface area contributed by atoms with Gasteiger partial charge >= 0.3 is 0 Å². The van der Waals surface area contributed by atoms with Gasteiger partial charge in [-0.05, 0) is 13.5 Å². The third-order valence-electron chi connectivity index (χ3n) is 1.86. The Labute approximate surface area is 77.4 Å². The Bertz CT molecular complexity index is 284. The first-order chi connectivity index (χ1) is 5.47. The van der Waals surface area contributed by atoms with E-state index in [-0.39, 0.29) is 5.75 Å². The summed E-state index contributed by atoms with van der Waals surface area (Å²) in [7, 11) is 3.72. The number of hydrogen-bond donors (Lipinski definition) is 0. The molecule has 0 aromatic heterocycles. The van der Waals surface area contributed by atoms with E-state index in [2.05, 4.69) is 4.90 Å². The van der Waals surface area contributed by atoms with Gasteiger partial charge < -0.3 is 4.90 Å². The monoisotopic (exact) mass is 209 g/mol. The Morgan fingerprint density at radius 3 is 2.75 bits per heavy atom. The maximum Gasteiger partial charge on any atom is 0.236 e. The first kappa shape index (κ1) is 10.0. The number of likely N-dealkylation sites (tertiary alicyclic amines) is 1. The molecular weight excluding hydrogens is 198 g/mol. The van der Waals surface area contributed by atoms with Crippen molar-refractivity contribution in [2.24, 2.45) is 0 Å². The molecule has 0 amide bonds. The van der Waals surface area contributed by atoms with Gasteiger partial charge in [-0.2, -0.15) is 0 Å². The molecule has 12 heavy (non-hydrogen) atoms. The third-order valence-corrected chi connectivity index (χ3v) is 2.80. The van der Waals surface area contributed by atoms with Crippen LogP contribution in [0.2, 0.25) is 0 Å². The van der Waals surface area contributed by atoms with Gasteiger partial charge in [0, 0.05) is 23.8 Å². The van der Waals surface area contributed by atoms with E-state index in [0.717, 1.165) is 19.5 Å². The Morgan fingerprint density at radius 2 is 2.33 bits per heavy atom. The number of nitrogens with zero attached hydrogens (tertiary/aromatic N) is 1. The molecule has 0 unspecified atom stereocenters. The maximum atomic E-state index is 10.6. The molecule has 3 nitrogen and oxygen atoms in total. The van der Waals surface area contributed by atoms with Crippen LogP contribution in [0.3, 0.4) is 0 Å². The summed E-state index contributed by atoms with van der Waals surface area (Å²) in [5.74, 6) is -0.0439. The SMILES string of the molecule is CN1CC/C(=C\CS(=O)(=O)Cl)C1. The lowest BCUT2D eigenvalue weighted by atomic mass is 10.2. The van der Waals surface area contributed by atoms with Crippen LogP contribution in [0, 0.1) is 0 Å². The molecule has 0 bridgehead atoms. The lowest BCUT2D eigenvalue weighted by Crippen LogP contribution is -2.11.